The monoisotopic (exact) mass is 359 g/mol. The Morgan fingerprint density at radius 3 is 2.42 bits per heavy atom. The molecule has 0 saturated carbocycles. The standard InChI is InChI=1S/C20H29N3O3/c1-14-12-19(25-4)15(2)11-17(14)20-21-18(16(3)26-20)13-23-7-5-22(6-8-23)9-10-24/h11-12,24H,5-10,13H2,1-4H3. The summed E-state index contributed by atoms with van der Waals surface area (Å²) in [6.45, 7) is 11.8. The predicted molar refractivity (Wildman–Crippen MR) is 102 cm³/mol. The van der Waals surface area contributed by atoms with Crippen LogP contribution in [0, 0.1) is 20.8 Å². The second-order valence-electron chi connectivity index (χ2n) is 7.00. The maximum absolute atomic E-state index is 9.06. The van der Waals surface area contributed by atoms with Gasteiger partial charge in [0.05, 0.1) is 19.4 Å². The average molecular weight is 359 g/mol. The van der Waals surface area contributed by atoms with E-state index in [1.807, 2.05) is 19.9 Å². The highest BCUT2D eigenvalue weighted by atomic mass is 16.5. The van der Waals surface area contributed by atoms with Crippen LogP contribution < -0.4 is 4.74 Å². The predicted octanol–water partition coefficient (Wildman–Crippen LogP) is 2.39. The molecule has 0 unspecified atom stereocenters. The lowest BCUT2D eigenvalue weighted by Crippen LogP contribution is -2.46. The molecule has 1 aromatic carbocycles. The molecule has 26 heavy (non-hydrogen) atoms. The Balaban J connectivity index is 1.73. The van der Waals surface area contributed by atoms with Crippen LogP contribution in [0.25, 0.3) is 11.5 Å². The van der Waals surface area contributed by atoms with E-state index in [4.69, 9.17) is 19.2 Å². The first kappa shape index (κ1) is 18.9. The van der Waals surface area contributed by atoms with Crippen molar-refractivity contribution >= 4 is 0 Å². The first-order valence-electron chi connectivity index (χ1n) is 9.19. The number of hydrogen-bond acceptors (Lipinski definition) is 6. The molecule has 1 aliphatic heterocycles. The van der Waals surface area contributed by atoms with Gasteiger partial charge in [-0.25, -0.2) is 4.98 Å². The largest absolute Gasteiger partial charge is 0.496 e. The summed E-state index contributed by atoms with van der Waals surface area (Å²) in [7, 11) is 1.69. The van der Waals surface area contributed by atoms with Crippen molar-refractivity contribution in [2.24, 2.45) is 0 Å². The molecule has 0 spiro atoms. The van der Waals surface area contributed by atoms with Gasteiger partial charge in [0, 0.05) is 44.8 Å². The molecule has 2 aromatic rings. The Hall–Kier alpha value is -1.89. The van der Waals surface area contributed by atoms with Crippen molar-refractivity contribution in [3.8, 4) is 17.2 Å². The van der Waals surface area contributed by atoms with Crippen molar-refractivity contribution < 1.29 is 14.3 Å². The van der Waals surface area contributed by atoms with Gasteiger partial charge in [-0.05, 0) is 44.0 Å². The third-order valence-corrected chi connectivity index (χ3v) is 5.12. The second-order valence-corrected chi connectivity index (χ2v) is 7.00. The fourth-order valence-electron chi connectivity index (χ4n) is 3.45. The van der Waals surface area contributed by atoms with Crippen LogP contribution in [0.15, 0.2) is 16.5 Å². The number of piperazine rings is 1. The number of aliphatic hydroxyl groups excluding tert-OH is 1. The number of aromatic nitrogens is 1. The molecule has 6 nitrogen and oxygen atoms in total. The number of aliphatic hydroxyl groups is 1. The van der Waals surface area contributed by atoms with Crippen molar-refractivity contribution in [3.63, 3.8) is 0 Å². The van der Waals surface area contributed by atoms with Crippen LogP contribution in [0.3, 0.4) is 0 Å². The van der Waals surface area contributed by atoms with Gasteiger partial charge in [-0.2, -0.15) is 0 Å². The molecule has 3 rings (SSSR count). The Kier molecular flexibility index (Phi) is 5.96. The minimum atomic E-state index is 0.229. The molecule has 0 radical (unpaired) electrons. The highest BCUT2D eigenvalue weighted by Crippen LogP contribution is 2.31. The molecule has 0 aliphatic carbocycles. The highest BCUT2D eigenvalue weighted by molar-refractivity contribution is 5.62. The minimum absolute atomic E-state index is 0.229. The van der Waals surface area contributed by atoms with Gasteiger partial charge in [0.2, 0.25) is 5.89 Å². The van der Waals surface area contributed by atoms with Crippen molar-refractivity contribution in [3.05, 3.63) is 34.7 Å². The summed E-state index contributed by atoms with van der Waals surface area (Å²) in [5, 5.41) is 9.06. The molecule has 1 saturated heterocycles. The van der Waals surface area contributed by atoms with Crippen LogP contribution in [0.1, 0.15) is 22.6 Å². The molecule has 1 fully saturated rings. The van der Waals surface area contributed by atoms with Gasteiger partial charge >= 0.3 is 0 Å². The lowest BCUT2D eigenvalue weighted by atomic mass is 10.0. The lowest BCUT2D eigenvalue weighted by molar-refractivity contribution is 0.107. The first-order chi connectivity index (χ1) is 12.5. The maximum atomic E-state index is 9.06. The molecule has 1 aliphatic rings. The molecule has 0 bridgehead atoms. The van der Waals surface area contributed by atoms with Crippen LogP contribution in [0.5, 0.6) is 5.75 Å². The summed E-state index contributed by atoms with van der Waals surface area (Å²) in [5.41, 5.74) is 4.19. The average Bonchev–Trinajstić information content (AvgIpc) is 2.99. The third kappa shape index (κ3) is 4.09. The quantitative estimate of drug-likeness (QED) is 0.854. The molecule has 2 heterocycles. The summed E-state index contributed by atoms with van der Waals surface area (Å²) in [6, 6.07) is 4.11. The van der Waals surface area contributed by atoms with Gasteiger partial charge in [-0.3, -0.25) is 9.80 Å². The molecular formula is C20H29N3O3. The number of β-amino-alcohol motifs (C(OH)–C–C–N with tert-alkyl or cyclic N) is 1. The number of rotatable bonds is 6. The van der Waals surface area contributed by atoms with Gasteiger partial charge in [-0.15, -0.1) is 0 Å². The number of ether oxygens (including phenoxy) is 1. The molecule has 142 valence electrons. The Morgan fingerprint density at radius 2 is 1.77 bits per heavy atom. The minimum Gasteiger partial charge on any atom is -0.496 e. The van der Waals surface area contributed by atoms with Gasteiger partial charge in [0.25, 0.3) is 0 Å². The number of methoxy groups -OCH3 is 1. The van der Waals surface area contributed by atoms with Gasteiger partial charge in [0.1, 0.15) is 11.5 Å². The third-order valence-electron chi connectivity index (χ3n) is 5.12. The molecular weight excluding hydrogens is 330 g/mol. The van der Waals surface area contributed by atoms with Crippen LogP contribution in [0.2, 0.25) is 0 Å². The van der Waals surface area contributed by atoms with E-state index in [-0.39, 0.29) is 6.61 Å². The van der Waals surface area contributed by atoms with Crippen LogP contribution in [-0.4, -0.2) is 66.3 Å². The molecule has 1 aromatic heterocycles. The number of aryl methyl sites for hydroxylation is 3. The lowest BCUT2D eigenvalue weighted by Gasteiger charge is -2.33. The molecule has 6 heteroatoms. The summed E-state index contributed by atoms with van der Waals surface area (Å²) in [6.07, 6.45) is 0. The SMILES string of the molecule is COc1cc(C)c(-c2nc(CN3CCN(CCO)CC3)c(C)o2)cc1C. The zero-order chi connectivity index (χ0) is 18.7. The maximum Gasteiger partial charge on any atom is 0.226 e. The van der Waals surface area contributed by atoms with Gasteiger partial charge in [-0.1, -0.05) is 0 Å². The van der Waals surface area contributed by atoms with E-state index >= 15 is 0 Å². The van der Waals surface area contributed by atoms with Crippen molar-refractivity contribution in [2.45, 2.75) is 27.3 Å². The van der Waals surface area contributed by atoms with E-state index in [1.165, 1.54) is 0 Å². The number of hydrogen-bond donors (Lipinski definition) is 1. The summed E-state index contributed by atoms with van der Waals surface area (Å²) >= 11 is 0. The molecule has 1 N–H and O–H groups in total. The molecule has 0 amide bonds. The van der Waals surface area contributed by atoms with Crippen molar-refractivity contribution in [2.75, 3.05) is 46.4 Å². The van der Waals surface area contributed by atoms with E-state index in [1.54, 1.807) is 7.11 Å². The highest BCUT2D eigenvalue weighted by Gasteiger charge is 2.20. The number of oxazole rings is 1. The van der Waals surface area contributed by atoms with Gasteiger partial charge < -0.3 is 14.3 Å². The topological polar surface area (TPSA) is 62.0 Å². The van der Waals surface area contributed by atoms with Crippen LogP contribution in [0.4, 0.5) is 0 Å². The first-order valence-corrected chi connectivity index (χ1v) is 9.19. The van der Waals surface area contributed by atoms with Crippen molar-refractivity contribution in [1.82, 2.24) is 14.8 Å². The van der Waals surface area contributed by atoms with E-state index in [0.29, 0.717) is 5.89 Å². The fraction of sp³-hybridized carbons (Fsp3) is 0.550. The van der Waals surface area contributed by atoms with Crippen molar-refractivity contribution in [1.29, 1.82) is 0 Å². The van der Waals surface area contributed by atoms with E-state index in [9.17, 15) is 0 Å². The van der Waals surface area contributed by atoms with Crippen LogP contribution >= 0.6 is 0 Å². The zero-order valence-corrected chi connectivity index (χ0v) is 16.2. The van der Waals surface area contributed by atoms with E-state index in [2.05, 4.69) is 22.8 Å². The smallest absolute Gasteiger partial charge is 0.226 e. The molecule has 0 atom stereocenters. The second kappa shape index (κ2) is 8.20. The normalized spacial score (nSPS) is 16.2. The van der Waals surface area contributed by atoms with E-state index < -0.39 is 0 Å². The van der Waals surface area contributed by atoms with Gasteiger partial charge in [0.15, 0.2) is 0 Å². The van der Waals surface area contributed by atoms with Crippen LogP contribution in [-0.2, 0) is 6.54 Å². The zero-order valence-electron chi connectivity index (χ0n) is 16.2. The summed E-state index contributed by atoms with van der Waals surface area (Å²) in [4.78, 5) is 9.47. The number of benzene rings is 1. The Bertz CT molecular complexity index is 749. The summed E-state index contributed by atoms with van der Waals surface area (Å²) < 4.78 is 11.4. The Morgan fingerprint density at radius 1 is 1.08 bits per heavy atom. The fourth-order valence-corrected chi connectivity index (χ4v) is 3.45. The number of nitrogens with zero attached hydrogens (tertiary/aromatic N) is 3. The summed E-state index contributed by atoms with van der Waals surface area (Å²) in [5.74, 6) is 2.45. The van der Waals surface area contributed by atoms with E-state index in [0.717, 1.165) is 73.2 Å². The Labute approximate surface area is 155 Å².